The van der Waals surface area contributed by atoms with Crippen LogP contribution in [0, 0.1) is 5.92 Å². The number of pyridine rings is 1. The molecular formula is C19H19ClN2O2. The predicted octanol–water partition coefficient (Wildman–Crippen LogP) is 3.84. The van der Waals surface area contributed by atoms with Crippen molar-refractivity contribution >= 4 is 11.6 Å². The zero-order valence-corrected chi connectivity index (χ0v) is 14.2. The van der Waals surface area contributed by atoms with Gasteiger partial charge in [-0.25, -0.2) is 0 Å². The topological polar surface area (TPSA) is 43.4 Å². The van der Waals surface area contributed by atoms with E-state index in [0.717, 1.165) is 23.7 Å². The number of halogens is 1. The minimum atomic E-state index is -0.904. The third-order valence-corrected chi connectivity index (χ3v) is 5.79. The number of nitrogens with zero attached hydrogens (tertiary/aromatic N) is 1. The molecule has 124 valence electrons. The second-order valence-electron chi connectivity index (χ2n) is 7.13. The van der Waals surface area contributed by atoms with Crippen LogP contribution in [-0.2, 0) is 5.79 Å². The Kier molecular flexibility index (Phi) is 3.10. The first-order chi connectivity index (χ1) is 11.6. The number of rotatable bonds is 2. The van der Waals surface area contributed by atoms with Gasteiger partial charge >= 0.3 is 0 Å². The number of aromatic nitrogens is 1. The van der Waals surface area contributed by atoms with Crippen molar-refractivity contribution in [2.24, 2.45) is 5.92 Å². The number of hydrogen-bond acceptors (Lipinski definition) is 4. The van der Waals surface area contributed by atoms with E-state index in [1.807, 2.05) is 25.1 Å². The van der Waals surface area contributed by atoms with E-state index in [1.54, 1.807) is 6.20 Å². The Hall–Kier alpha value is -1.78. The Morgan fingerprint density at radius 3 is 2.83 bits per heavy atom. The number of piperidine rings is 1. The molecule has 24 heavy (non-hydrogen) atoms. The van der Waals surface area contributed by atoms with Gasteiger partial charge in [0.2, 0.25) is 0 Å². The molecule has 1 saturated carbocycles. The van der Waals surface area contributed by atoms with Gasteiger partial charge in [-0.15, -0.1) is 0 Å². The zero-order chi connectivity index (χ0) is 16.3. The molecule has 0 spiro atoms. The van der Waals surface area contributed by atoms with Crippen molar-refractivity contribution in [3.05, 3.63) is 52.8 Å². The molecule has 1 saturated heterocycles. The van der Waals surface area contributed by atoms with Gasteiger partial charge < -0.3 is 14.8 Å². The Balaban J connectivity index is 1.51. The van der Waals surface area contributed by atoms with Crippen LogP contribution < -0.4 is 14.8 Å². The van der Waals surface area contributed by atoms with Crippen LogP contribution >= 0.6 is 11.6 Å². The van der Waals surface area contributed by atoms with E-state index in [9.17, 15) is 0 Å². The van der Waals surface area contributed by atoms with Crippen molar-refractivity contribution < 1.29 is 9.47 Å². The molecule has 3 unspecified atom stereocenters. The SMILES string of the molecule is C[C@@]1(c2ccc(Cl)cn2)Oc2cccc(C3CC4CC3CN4)c2O1. The Morgan fingerprint density at radius 2 is 2.12 bits per heavy atom. The molecule has 5 rings (SSSR count). The van der Waals surface area contributed by atoms with Gasteiger partial charge in [-0.3, -0.25) is 4.98 Å². The maximum Gasteiger partial charge on any atom is 0.292 e. The smallest absolute Gasteiger partial charge is 0.292 e. The maximum atomic E-state index is 6.32. The lowest BCUT2D eigenvalue weighted by atomic mass is 9.87. The minimum absolute atomic E-state index is 0.551. The number of fused-ring (bicyclic) bond motifs is 3. The summed E-state index contributed by atoms with van der Waals surface area (Å²) in [4.78, 5) is 4.39. The zero-order valence-electron chi connectivity index (χ0n) is 13.5. The molecule has 2 fully saturated rings. The molecule has 4 nitrogen and oxygen atoms in total. The molecule has 1 aromatic heterocycles. The molecule has 1 N–H and O–H groups in total. The first-order valence-corrected chi connectivity index (χ1v) is 8.86. The summed E-state index contributed by atoms with van der Waals surface area (Å²) >= 11 is 5.95. The first-order valence-electron chi connectivity index (χ1n) is 8.49. The van der Waals surface area contributed by atoms with Gasteiger partial charge in [0.15, 0.2) is 11.5 Å². The van der Waals surface area contributed by atoms with Crippen molar-refractivity contribution in [1.82, 2.24) is 10.3 Å². The van der Waals surface area contributed by atoms with E-state index in [2.05, 4.69) is 22.4 Å². The van der Waals surface area contributed by atoms with Crippen LogP contribution in [0.3, 0.4) is 0 Å². The van der Waals surface area contributed by atoms with Crippen molar-refractivity contribution in [3.63, 3.8) is 0 Å². The molecule has 3 heterocycles. The highest BCUT2D eigenvalue weighted by Crippen LogP contribution is 2.52. The second kappa shape index (κ2) is 5.11. The predicted molar refractivity (Wildman–Crippen MR) is 91.6 cm³/mol. The lowest BCUT2D eigenvalue weighted by molar-refractivity contribution is -0.0722. The minimum Gasteiger partial charge on any atom is -0.443 e. The average molecular weight is 343 g/mol. The standard InChI is InChI=1S/C19H19ClN2O2/c1-19(17-6-5-12(20)10-22-17)23-16-4-2-3-14(18(16)24-19)15-8-13-7-11(15)9-21-13/h2-6,10-11,13,15,21H,7-9H2,1H3/t11?,13?,15?,19-/m1/s1. The Bertz CT molecular complexity index is 794. The summed E-state index contributed by atoms with van der Waals surface area (Å²) in [6.07, 6.45) is 4.08. The fourth-order valence-corrected chi connectivity index (χ4v) is 4.52. The van der Waals surface area contributed by atoms with Crippen LogP contribution in [0.15, 0.2) is 36.5 Å². The Labute approximate surface area is 146 Å². The van der Waals surface area contributed by atoms with Gasteiger partial charge in [-0.1, -0.05) is 23.7 Å². The van der Waals surface area contributed by atoms with E-state index in [-0.39, 0.29) is 0 Å². The van der Waals surface area contributed by atoms with Crippen LogP contribution in [0.2, 0.25) is 5.02 Å². The van der Waals surface area contributed by atoms with Crippen molar-refractivity contribution in [2.45, 2.75) is 37.5 Å². The van der Waals surface area contributed by atoms with Gasteiger partial charge in [0, 0.05) is 24.7 Å². The van der Waals surface area contributed by atoms with Crippen molar-refractivity contribution in [1.29, 1.82) is 0 Å². The number of para-hydroxylation sites is 1. The van der Waals surface area contributed by atoms with Crippen LogP contribution in [-0.4, -0.2) is 17.6 Å². The first kappa shape index (κ1) is 14.6. The molecule has 4 atom stereocenters. The summed E-state index contributed by atoms with van der Waals surface area (Å²) in [6, 6.07) is 10.6. The van der Waals surface area contributed by atoms with Crippen molar-refractivity contribution in [3.8, 4) is 11.5 Å². The summed E-state index contributed by atoms with van der Waals surface area (Å²) in [7, 11) is 0. The normalized spacial score (nSPS) is 33.2. The lowest BCUT2D eigenvalue weighted by Gasteiger charge is -2.25. The number of ether oxygens (including phenoxy) is 2. The molecule has 2 bridgehead atoms. The van der Waals surface area contributed by atoms with E-state index < -0.39 is 5.79 Å². The lowest BCUT2D eigenvalue weighted by Crippen LogP contribution is -2.33. The summed E-state index contributed by atoms with van der Waals surface area (Å²) in [6.45, 7) is 3.02. The molecule has 5 heteroatoms. The van der Waals surface area contributed by atoms with Crippen LogP contribution in [0.25, 0.3) is 0 Å². The second-order valence-corrected chi connectivity index (χ2v) is 7.57. The molecular weight excluding hydrogens is 324 g/mol. The number of hydrogen-bond donors (Lipinski definition) is 1. The van der Waals surface area contributed by atoms with Gasteiger partial charge in [-0.05, 0) is 49.4 Å². The molecule has 2 aliphatic heterocycles. The molecule has 0 amide bonds. The quantitative estimate of drug-likeness (QED) is 0.900. The highest BCUT2D eigenvalue weighted by Gasteiger charge is 2.46. The Morgan fingerprint density at radius 1 is 1.21 bits per heavy atom. The molecule has 2 aromatic rings. The largest absolute Gasteiger partial charge is 0.443 e. The monoisotopic (exact) mass is 342 g/mol. The summed E-state index contributed by atoms with van der Waals surface area (Å²) < 4.78 is 12.5. The van der Waals surface area contributed by atoms with E-state index >= 15 is 0 Å². The fraction of sp³-hybridized carbons (Fsp3) is 0.421. The van der Waals surface area contributed by atoms with Crippen LogP contribution in [0.4, 0.5) is 0 Å². The summed E-state index contributed by atoms with van der Waals surface area (Å²) in [5.74, 6) is 2.04. The van der Waals surface area contributed by atoms with E-state index in [0.29, 0.717) is 22.9 Å². The average Bonchev–Trinajstić information content (AvgIpc) is 3.27. The number of benzene rings is 1. The maximum absolute atomic E-state index is 6.32. The van der Waals surface area contributed by atoms with Crippen molar-refractivity contribution in [2.75, 3.05) is 6.54 Å². The third-order valence-electron chi connectivity index (χ3n) is 5.57. The molecule has 1 aliphatic carbocycles. The number of nitrogens with one attached hydrogen (secondary N) is 1. The highest BCUT2D eigenvalue weighted by molar-refractivity contribution is 6.30. The van der Waals surface area contributed by atoms with Gasteiger partial charge in [0.1, 0.15) is 5.69 Å². The summed E-state index contributed by atoms with van der Waals surface area (Å²) in [5.41, 5.74) is 2.00. The van der Waals surface area contributed by atoms with Crippen LogP contribution in [0.5, 0.6) is 11.5 Å². The highest BCUT2D eigenvalue weighted by atomic mass is 35.5. The van der Waals surface area contributed by atoms with Gasteiger partial charge in [0.25, 0.3) is 5.79 Å². The van der Waals surface area contributed by atoms with Gasteiger partial charge in [-0.2, -0.15) is 0 Å². The van der Waals surface area contributed by atoms with Gasteiger partial charge in [0.05, 0.1) is 5.02 Å². The van der Waals surface area contributed by atoms with Crippen LogP contribution in [0.1, 0.15) is 36.9 Å². The molecule has 3 aliphatic rings. The van der Waals surface area contributed by atoms with E-state index in [1.165, 1.54) is 18.4 Å². The molecule has 1 aromatic carbocycles. The molecule has 0 radical (unpaired) electrons. The van der Waals surface area contributed by atoms with E-state index in [4.69, 9.17) is 21.1 Å². The fourth-order valence-electron chi connectivity index (χ4n) is 4.40. The third kappa shape index (κ3) is 2.13. The summed E-state index contributed by atoms with van der Waals surface area (Å²) in [5, 5.41) is 4.18.